The molecule has 0 aromatic rings. The molecule has 1 N–H and O–H groups in total. The van der Waals surface area contributed by atoms with Crippen LogP contribution in [-0.2, 0) is 0 Å². The van der Waals surface area contributed by atoms with Crippen molar-refractivity contribution in [1.82, 2.24) is 4.90 Å². The molecule has 2 fully saturated rings. The van der Waals surface area contributed by atoms with E-state index in [4.69, 9.17) is 0 Å². The average Bonchev–Trinajstić information content (AvgIpc) is 2.67. The topological polar surface area (TPSA) is 23.5 Å². The molecule has 1 saturated heterocycles. The number of likely N-dealkylation sites (tertiary alicyclic amines) is 1. The van der Waals surface area contributed by atoms with Crippen LogP contribution in [0.4, 0.5) is 0 Å². The first-order valence-electron chi connectivity index (χ1n) is 6.10. The molecule has 84 valence electrons. The van der Waals surface area contributed by atoms with E-state index in [-0.39, 0.29) is 5.41 Å². The van der Waals surface area contributed by atoms with E-state index in [0.717, 1.165) is 0 Å². The summed E-state index contributed by atoms with van der Waals surface area (Å²) in [6, 6.07) is 0.677. The second-order valence-corrected chi connectivity index (χ2v) is 4.51. The van der Waals surface area contributed by atoms with Gasteiger partial charge in [0.1, 0.15) is 0 Å². The minimum Gasteiger partial charge on any atom is -0.396 e. The summed E-state index contributed by atoms with van der Waals surface area (Å²) in [6.45, 7) is 5.63. The lowest BCUT2D eigenvalue weighted by atomic mass is 9.76. The molecule has 0 radical (unpaired) electrons. The summed E-state index contributed by atoms with van der Waals surface area (Å²) in [5.41, 5.74) is 0.285. The summed E-state index contributed by atoms with van der Waals surface area (Å²) in [7, 11) is 2.21. The highest BCUT2D eigenvalue weighted by molar-refractivity contribution is 4.99. The fraction of sp³-hybridized carbons (Fsp3) is 1.00. The average molecular weight is 199 g/mol. The molecule has 2 heteroatoms. The van der Waals surface area contributed by atoms with Gasteiger partial charge in [0.05, 0.1) is 6.61 Å². The monoisotopic (exact) mass is 199 g/mol. The first-order valence-corrected chi connectivity index (χ1v) is 6.10. The third kappa shape index (κ3) is 1.96. The minimum atomic E-state index is 0.285. The maximum Gasteiger partial charge on any atom is 0.0502 e. The van der Waals surface area contributed by atoms with Crippen LogP contribution in [0, 0.1) is 5.41 Å². The molecule has 0 aromatic carbocycles. The van der Waals surface area contributed by atoms with Gasteiger partial charge in [0.2, 0.25) is 0 Å². The normalized spacial score (nSPS) is 37.3. The van der Waals surface area contributed by atoms with Gasteiger partial charge in [-0.15, -0.1) is 0 Å². The summed E-state index contributed by atoms with van der Waals surface area (Å²) in [6.07, 6.45) is 6.39. The van der Waals surface area contributed by atoms with Crippen molar-refractivity contribution in [2.75, 3.05) is 20.2 Å². The van der Waals surface area contributed by atoms with Crippen molar-refractivity contribution in [3.8, 4) is 0 Å². The first-order chi connectivity index (χ1) is 6.78. The summed E-state index contributed by atoms with van der Waals surface area (Å²) < 4.78 is 0. The van der Waals surface area contributed by atoms with Crippen molar-refractivity contribution in [1.29, 1.82) is 0 Å². The number of nitrogens with zero attached hydrogens (tertiary/aromatic N) is 1. The van der Waals surface area contributed by atoms with E-state index in [0.29, 0.717) is 12.6 Å². The van der Waals surface area contributed by atoms with E-state index in [1.807, 2.05) is 13.8 Å². The van der Waals surface area contributed by atoms with Crippen LogP contribution in [0.2, 0.25) is 0 Å². The lowest BCUT2D eigenvalue weighted by Gasteiger charge is -2.44. The highest BCUT2D eigenvalue weighted by Gasteiger charge is 2.45. The Labute approximate surface area is 88.3 Å². The van der Waals surface area contributed by atoms with Gasteiger partial charge in [-0.05, 0) is 39.3 Å². The van der Waals surface area contributed by atoms with Gasteiger partial charge < -0.3 is 10.0 Å². The standard InChI is InChI=1S/C10H19NO.C2H6/c1-11-7-3-6-10(8-12)5-2-4-9(10)11;1-2/h9,12H,2-8H2,1H3;1-2H3. The zero-order valence-electron chi connectivity index (χ0n) is 9.92. The molecule has 1 aliphatic heterocycles. The van der Waals surface area contributed by atoms with Gasteiger partial charge in [0.25, 0.3) is 0 Å². The van der Waals surface area contributed by atoms with Crippen LogP contribution in [0.25, 0.3) is 0 Å². The largest absolute Gasteiger partial charge is 0.396 e. The van der Waals surface area contributed by atoms with Crippen LogP contribution >= 0.6 is 0 Å². The number of hydrogen-bond donors (Lipinski definition) is 1. The summed E-state index contributed by atoms with van der Waals surface area (Å²) in [5, 5.41) is 9.44. The lowest BCUT2D eigenvalue weighted by molar-refractivity contribution is 0.00742. The lowest BCUT2D eigenvalue weighted by Crippen LogP contribution is -2.49. The molecule has 2 aliphatic rings. The molecule has 1 aliphatic carbocycles. The second-order valence-electron chi connectivity index (χ2n) is 4.51. The summed E-state index contributed by atoms with van der Waals surface area (Å²) in [5.74, 6) is 0. The molecule has 0 spiro atoms. The molecular formula is C12H25NO. The first kappa shape index (κ1) is 12.0. The van der Waals surface area contributed by atoms with Crippen molar-refractivity contribution in [2.24, 2.45) is 5.41 Å². The molecule has 2 unspecified atom stereocenters. The predicted molar refractivity (Wildman–Crippen MR) is 60.4 cm³/mol. The van der Waals surface area contributed by atoms with E-state index in [1.165, 1.54) is 38.6 Å². The number of fused-ring (bicyclic) bond motifs is 1. The molecule has 0 amide bonds. The Bertz CT molecular complexity index is 172. The van der Waals surface area contributed by atoms with Gasteiger partial charge in [-0.1, -0.05) is 20.3 Å². The second kappa shape index (κ2) is 5.13. The maximum absolute atomic E-state index is 9.44. The zero-order chi connectivity index (χ0) is 10.6. The Hall–Kier alpha value is -0.0800. The SMILES string of the molecule is CC.CN1CCCC2(CO)CCCC12. The van der Waals surface area contributed by atoms with Crippen molar-refractivity contribution in [2.45, 2.75) is 52.0 Å². The van der Waals surface area contributed by atoms with Gasteiger partial charge in [-0.3, -0.25) is 0 Å². The van der Waals surface area contributed by atoms with E-state index in [1.54, 1.807) is 0 Å². The molecular weight excluding hydrogens is 174 g/mol. The predicted octanol–water partition coefficient (Wildman–Crippen LogP) is 2.27. The van der Waals surface area contributed by atoms with E-state index in [9.17, 15) is 5.11 Å². The fourth-order valence-electron chi connectivity index (χ4n) is 3.20. The molecule has 2 atom stereocenters. The van der Waals surface area contributed by atoms with Crippen molar-refractivity contribution in [3.63, 3.8) is 0 Å². The number of hydrogen-bond acceptors (Lipinski definition) is 2. The summed E-state index contributed by atoms with van der Waals surface area (Å²) in [4.78, 5) is 2.45. The Morgan fingerprint density at radius 1 is 1.29 bits per heavy atom. The zero-order valence-corrected chi connectivity index (χ0v) is 9.92. The van der Waals surface area contributed by atoms with Gasteiger partial charge >= 0.3 is 0 Å². The van der Waals surface area contributed by atoms with Gasteiger partial charge in [0, 0.05) is 11.5 Å². The fourth-order valence-corrected chi connectivity index (χ4v) is 3.20. The van der Waals surface area contributed by atoms with Crippen LogP contribution in [0.1, 0.15) is 46.0 Å². The van der Waals surface area contributed by atoms with E-state index in [2.05, 4.69) is 11.9 Å². The van der Waals surface area contributed by atoms with Crippen molar-refractivity contribution >= 4 is 0 Å². The number of aliphatic hydroxyl groups is 1. The highest BCUT2D eigenvalue weighted by atomic mass is 16.3. The quantitative estimate of drug-likeness (QED) is 0.700. The molecule has 14 heavy (non-hydrogen) atoms. The third-order valence-electron chi connectivity index (χ3n) is 3.89. The van der Waals surface area contributed by atoms with Gasteiger partial charge in [-0.2, -0.15) is 0 Å². The molecule has 0 bridgehead atoms. The molecule has 2 rings (SSSR count). The molecule has 0 aromatic heterocycles. The number of aliphatic hydroxyl groups excluding tert-OH is 1. The Morgan fingerprint density at radius 2 is 1.93 bits per heavy atom. The van der Waals surface area contributed by atoms with Crippen molar-refractivity contribution < 1.29 is 5.11 Å². The Balaban J connectivity index is 0.000000461. The Morgan fingerprint density at radius 3 is 2.50 bits per heavy atom. The molecule has 1 saturated carbocycles. The number of rotatable bonds is 1. The number of piperidine rings is 1. The maximum atomic E-state index is 9.44. The smallest absolute Gasteiger partial charge is 0.0502 e. The Kier molecular flexibility index (Phi) is 4.39. The van der Waals surface area contributed by atoms with E-state index >= 15 is 0 Å². The third-order valence-corrected chi connectivity index (χ3v) is 3.89. The van der Waals surface area contributed by atoms with Crippen LogP contribution in [0.15, 0.2) is 0 Å². The van der Waals surface area contributed by atoms with Gasteiger partial charge in [-0.25, -0.2) is 0 Å². The van der Waals surface area contributed by atoms with E-state index < -0.39 is 0 Å². The highest BCUT2D eigenvalue weighted by Crippen LogP contribution is 2.46. The van der Waals surface area contributed by atoms with Crippen molar-refractivity contribution in [3.05, 3.63) is 0 Å². The van der Waals surface area contributed by atoms with Crippen LogP contribution in [0.3, 0.4) is 0 Å². The van der Waals surface area contributed by atoms with Crippen LogP contribution < -0.4 is 0 Å². The van der Waals surface area contributed by atoms with Gasteiger partial charge in [0.15, 0.2) is 0 Å². The van der Waals surface area contributed by atoms with Crippen LogP contribution in [0.5, 0.6) is 0 Å². The minimum absolute atomic E-state index is 0.285. The molecule has 1 heterocycles. The summed E-state index contributed by atoms with van der Waals surface area (Å²) >= 11 is 0. The molecule has 2 nitrogen and oxygen atoms in total. The van der Waals surface area contributed by atoms with Crippen LogP contribution in [-0.4, -0.2) is 36.2 Å².